The number of fused-ring (bicyclic) bond motifs is 4. The summed E-state index contributed by atoms with van der Waals surface area (Å²) >= 11 is 6.69. The van der Waals surface area contributed by atoms with E-state index in [2.05, 4.69) is 22.0 Å². The second-order valence-electron chi connectivity index (χ2n) is 5.94. The average Bonchev–Trinajstić information content (AvgIpc) is 3.09. The highest BCUT2D eigenvalue weighted by atomic mass is 79.9. The molecule has 1 aliphatic carbocycles. The van der Waals surface area contributed by atoms with Gasteiger partial charge in [-0.05, 0) is 61.8 Å². The fraction of sp³-hybridized carbons (Fsp3) is 0. The van der Waals surface area contributed by atoms with E-state index in [4.69, 9.17) is 0 Å². The van der Waals surface area contributed by atoms with Crippen LogP contribution in [0.4, 0.5) is 0 Å². The molecule has 0 aliphatic heterocycles. The van der Waals surface area contributed by atoms with Crippen LogP contribution in [-0.4, -0.2) is 19.4 Å². The molecule has 0 spiro atoms. The van der Waals surface area contributed by atoms with Crippen LogP contribution in [0.1, 0.15) is 31.8 Å². The van der Waals surface area contributed by atoms with E-state index in [-0.39, 0.29) is 11.6 Å². The molecule has 0 saturated carbocycles. The smallest absolute Gasteiger partial charge is 0.194 e. The Labute approximate surface area is 154 Å². The number of hydrogen-bond acceptors (Lipinski definition) is 4. The lowest BCUT2D eigenvalue weighted by atomic mass is 9.83. The number of hydrogen-bond donors (Lipinski definition) is 0. The van der Waals surface area contributed by atoms with E-state index >= 15 is 0 Å². The molecule has 2 aromatic carbocycles. The summed E-state index contributed by atoms with van der Waals surface area (Å²) in [6.07, 6.45) is 0. The monoisotopic (exact) mass is 410 g/mol. The first-order valence-electron chi connectivity index (χ1n) is 7.38. The number of thiophene rings is 2. The van der Waals surface area contributed by atoms with Crippen molar-refractivity contribution in [3.63, 3.8) is 0 Å². The van der Waals surface area contributed by atoms with Crippen molar-refractivity contribution in [3.05, 3.63) is 62.4 Å². The molecule has 1 aliphatic rings. The molecule has 6 heteroatoms. The molecule has 0 unspecified atom stereocenters. The van der Waals surface area contributed by atoms with Gasteiger partial charge in [0, 0.05) is 31.7 Å². The second kappa shape index (κ2) is 4.88. The molecule has 0 amide bonds. The van der Waals surface area contributed by atoms with Gasteiger partial charge in [0.15, 0.2) is 19.4 Å². The Balaban J connectivity index is 1.83. The van der Waals surface area contributed by atoms with Crippen molar-refractivity contribution in [2.24, 2.45) is 0 Å². The molecular weight excluding hydrogens is 403 g/mol. The van der Waals surface area contributed by atoms with Crippen LogP contribution in [-0.2, 0) is 0 Å². The fourth-order valence-electron chi connectivity index (χ4n) is 3.32. The number of carbonyl (C=O) groups is 2. The maximum absolute atomic E-state index is 13.0. The molecule has 0 atom stereocenters. The number of ketones is 2. The molecule has 0 fully saturated rings. The molecule has 114 valence electrons. The summed E-state index contributed by atoms with van der Waals surface area (Å²) in [6.45, 7) is 0. The van der Waals surface area contributed by atoms with Crippen LogP contribution in [0, 0.1) is 0 Å². The predicted molar refractivity (Wildman–Crippen MR) is 106 cm³/mol. The first-order valence-corrected chi connectivity index (χ1v) is 9.80. The molecule has 0 radical (unpaired) electrons. The standard InChI is InChI=1S/C18H8BBrO2S2/c19-15-3-7-1-9-11(5-13(7)23-15)18(22)12-6-14-8(4-16(20)24-14)2-10(12)17(9)21/h1-6H,19H2. The summed E-state index contributed by atoms with van der Waals surface area (Å²) in [5.41, 5.74) is 2.07. The summed E-state index contributed by atoms with van der Waals surface area (Å²) in [5.74, 6) is -0.117. The van der Waals surface area contributed by atoms with E-state index in [1.54, 1.807) is 22.7 Å². The summed E-state index contributed by atoms with van der Waals surface area (Å²) in [7, 11) is 2.04. The molecule has 4 aromatic rings. The van der Waals surface area contributed by atoms with E-state index in [0.29, 0.717) is 22.3 Å². The zero-order valence-electron chi connectivity index (χ0n) is 12.5. The second-order valence-corrected chi connectivity index (χ2v) is 9.69. The average molecular weight is 411 g/mol. The summed E-state index contributed by atoms with van der Waals surface area (Å²) in [4.78, 5) is 26.0. The van der Waals surface area contributed by atoms with Gasteiger partial charge in [-0.15, -0.1) is 11.3 Å². The molecular formula is C18H8BBrO2S2. The highest BCUT2D eigenvalue weighted by Crippen LogP contribution is 2.37. The Morgan fingerprint density at radius 3 is 1.83 bits per heavy atom. The molecule has 0 N–H and O–H groups in total. The lowest BCUT2D eigenvalue weighted by molar-refractivity contribution is 0.0979. The third kappa shape index (κ3) is 1.94. The van der Waals surface area contributed by atoms with E-state index in [1.165, 1.54) is 4.78 Å². The van der Waals surface area contributed by atoms with Crippen molar-refractivity contribution in [1.29, 1.82) is 0 Å². The SMILES string of the molecule is Bc1cc2cc3c(cc2s1)C(=O)c1cc2sc(Br)cc2cc1C3=O. The van der Waals surface area contributed by atoms with Gasteiger partial charge in [-0.1, -0.05) is 6.07 Å². The van der Waals surface area contributed by atoms with Crippen molar-refractivity contribution in [3.8, 4) is 0 Å². The van der Waals surface area contributed by atoms with Gasteiger partial charge in [-0.2, -0.15) is 11.3 Å². The molecule has 0 saturated heterocycles. The van der Waals surface area contributed by atoms with E-state index in [0.717, 1.165) is 24.0 Å². The zero-order valence-corrected chi connectivity index (χ0v) is 15.7. The van der Waals surface area contributed by atoms with Crippen molar-refractivity contribution in [1.82, 2.24) is 0 Å². The fourth-order valence-corrected chi connectivity index (χ4v) is 5.84. The maximum Gasteiger partial charge on any atom is 0.194 e. The van der Waals surface area contributed by atoms with Crippen LogP contribution in [0.15, 0.2) is 40.2 Å². The zero-order chi connectivity index (χ0) is 16.6. The van der Waals surface area contributed by atoms with Crippen LogP contribution in [0.5, 0.6) is 0 Å². The first kappa shape index (κ1) is 14.6. The van der Waals surface area contributed by atoms with Crippen molar-refractivity contribution in [2.75, 3.05) is 0 Å². The molecule has 5 rings (SSSR count). The lowest BCUT2D eigenvalue weighted by Crippen LogP contribution is -2.20. The Morgan fingerprint density at radius 1 is 0.708 bits per heavy atom. The maximum atomic E-state index is 13.0. The van der Waals surface area contributed by atoms with Gasteiger partial charge in [0.25, 0.3) is 0 Å². The summed E-state index contributed by atoms with van der Waals surface area (Å²) in [5, 5.41) is 2.02. The molecule has 2 aromatic heterocycles. The number of benzene rings is 2. The van der Waals surface area contributed by atoms with Crippen LogP contribution in [0.3, 0.4) is 0 Å². The van der Waals surface area contributed by atoms with Gasteiger partial charge >= 0.3 is 0 Å². The van der Waals surface area contributed by atoms with Crippen molar-refractivity contribution >= 4 is 83.0 Å². The summed E-state index contributed by atoms with van der Waals surface area (Å²) < 4.78 is 4.23. The van der Waals surface area contributed by atoms with Crippen LogP contribution < -0.4 is 4.78 Å². The van der Waals surface area contributed by atoms with Gasteiger partial charge in [0.2, 0.25) is 0 Å². The topological polar surface area (TPSA) is 34.1 Å². The van der Waals surface area contributed by atoms with Crippen molar-refractivity contribution in [2.45, 2.75) is 0 Å². The Morgan fingerprint density at radius 2 is 1.21 bits per heavy atom. The molecule has 0 bridgehead atoms. The third-order valence-corrected chi connectivity index (χ3v) is 7.00. The number of halogens is 1. The Hall–Kier alpha value is -1.76. The minimum Gasteiger partial charge on any atom is -0.289 e. The van der Waals surface area contributed by atoms with E-state index in [1.807, 2.05) is 38.2 Å². The van der Waals surface area contributed by atoms with Gasteiger partial charge in [0.1, 0.15) is 0 Å². The Kier molecular flexibility index (Phi) is 2.96. The van der Waals surface area contributed by atoms with Gasteiger partial charge < -0.3 is 0 Å². The van der Waals surface area contributed by atoms with Crippen LogP contribution in [0.2, 0.25) is 0 Å². The highest BCUT2D eigenvalue weighted by Gasteiger charge is 2.31. The minimum absolute atomic E-state index is 0.0565. The van der Waals surface area contributed by atoms with Gasteiger partial charge in [0.05, 0.1) is 3.79 Å². The van der Waals surface area contributed by atoms with E-state index in [9.17, 15) is 9.59 Å². The number of rotatable bonds is 0. The predicted octanol–water partition coefficient (Wildman–Crippen LogP) is 3.91. The molecule has 2 heterocycles. The molecule has 24 heavy (non-hydrogen) atoms. The Bertz CT molecular complexity index is 1040. The largest absolute Gasteiger partial charge is 0.289 e. The highest BCUT2D eigenvalue weighted by molar-refractivity contribution is 9.11. The molecule has 2 nitrogen and oxygen atoms in total. The van der Waals surface area contributed by atoms with Gasteiger partial charge in [-0.25, -0.2) is 0 Å². The normalized spacial score (nSPS) is 13.5. The lowest BCUT2D eigenvalue weighted by Gasteiger charge is -2.17. The quantitative estimate of drug-likeness (QED) is 0.362. The van der Waals surface area contributed by atoms with Gasteiger partial charge in [-0.3, -0.25) is 9.59 Å². The van der Waals surface area contributed by atoms with Crippen LogP contribution >= 0.6 is 38.6 Å². The third-order valence-electron chi connectivity index (χ3n) is 4.38. The van der Waals surface area contributed by atoms with Crippen LogP contribution in [0.25, 0.3) is 20.2 Å². The first-order chi connectivity index (χ1) is 11.5. The van der Waals surface area contributed by atoms with Crippen molar-refractivity contribution < 1.29 is 9.59 Å². The minimum atomic E-state index is -0.0606. The summed E-state index contributed by atoms with van der Waals surface area (Å²) in [6, 6.07) is 11.5. The number of carbonyl (C=O) groups excluding carboxylic acids is 2. The van der Waals surface area contributed by atoms with E-state index < -0.39 is 0 Å².